The summed E-state index contributed by atoms with van der Waals surface area (Å²) in [6.07, 6.45) is 2.81. The third-order valence-corrected chi connectivity index (χ3v) is 4.18. The Balaban J connectivity index is 1.76. The average molecular weight is 298 g/mol. The predicted molar refractivity (Wildman–Crippen MR) is 87.4 cm³/mol. The molecule has 0 bridgehead atoms. The minimum absolute atomic E-state index is 0.134. The van der Waals surface area contributed by atoms with E-state index in [2.05, 4.69) is 58.2 Å². The number of nitrogens with zero attached hydrogens (tertiary/aromatic N) is 3. The van der Waals surface area contributed by atoms with Crippen LogP contribution in [0.3, 0.4) is 0 Å². The summed E-state index contributed by atoms with van der Waals surface area (Å²) in [5, 5.41) is 8.32. The Morgan fingerprint density at radius 3 is 2.41 bits per heavy atom. The van der Waals surface area contributed by atoms with Crippen molar-refractivity contribution in [3.8, 4) is 0 Å². The van der Waals surface area contributed by atoms with Gasteiger partial charge in [0.1, 0.15) is 5.69 Å². The fourth-order valence-electron chi connectivity index (χ4n) is 2.75. The number of aromatic amines is 1. The zero-order chi connectivity index (χ0) is 15.5. The average Bonchev–Trinajstić information content (AvgIpc) is 3.04. The predicted octanol–water partition coefficient (Wildman–Crippen LogP) is 2.48. The third kappa shape index (κ3) is 3.18. The van der Waals surface area contributed by atoms with E-state index < -0.39 is 0 Å². The molecular formula is C17H22N4O. The van der Waals surface area contributed by atoms with E-state index in [0.717, 1.165) is 31.5 Å². The molecule has 3 rings (SSSR count). The molecule has 0 aliphatic carbocycles. The Morgan fingerprint density at radius 2 is 1.82 bits per heavy atom. The molecule has 0 spiro atoms. The van der Waals surface area contributed by atoms with Gasteiger partial charge < -0.3 is 4.90 Å². The molecule has 2 heterocycles. The molecule has 0 radical (unpaired) electrons. The molecule has 116 valence electrons. The van der Waals surface area contributed by atoms with E-state index in [-0.39, 0.29) is 5.56 Å². The van der Waals surface area contributed by atoms with Crippen molar-refractivity contribution in [2.75, 3.05) is 18.0 Å². The minimum atomic E-state index is -0.134. The van der Waals surface area contributed by atoms with Crippen LogP contribution in [0.5, 0.6) is 0 Å². The molecule has 22 heavy (non-hydrogen) atoms. The molecule has 1 saturated heterocycles. The highest BCUT2D eigenvalue weighted by Gasteiger charge is 2.16. The van der Waals surface area contributed by atoms with Crippen LogP contribution in [0.4, 0.5) is 5.95 Å². The Labute approximate surface area is 130 Å². The first-order valence-electron chi connectivity index (χ1n) is 7.93. The molecular weight excluding hydrogens is 276 g/mol. The van der Waals surface area contributed by atoms with Crippen LogP contribution in [0.25, 0.3) is 0 Å². The van der Waals surface area contributed by atoms with E-state index in [1.807, 2.05) is 0 Å². The lowest BCUT2D eigenvalue weighted by Gasteiger charge is -2.14. The van der Waals surface area contributed by atoms with Gasteiger partial charge >= 0.3 is 0 Å². The van der Waals surface area contributed by atoms with E-state index in [0.29, 0.717) is 24.0 Å². The number of hydrogen-bond acceptors (Lipinski definition) is 4. The van der Waals surface area contributed by atoms with Crippen molar-refractivity contribution in [3.63, 3.8) is 0 Å². The van der Waals surface area contributed by atoms with Crippen LogP contribution in [0.2, 0.25) is 0 Å². The zero-order valence-electron chi connectivity index (χ0n) is 13.2. The fourth-order valence-corrected chi connectivity index (χ4v) is 2.75. The Kier molecular flexibility index (Phi) is 4.22. The molecule has 1 N–H and O–H groups in total. The first kappa shape index (κ1) is 14.8. The maximum absolute atomic E-state index is 12.2. The fraction of sp³-hybridized carbons (Fsp3) is 0.471. The summed E-state index contributed by atoms with van der Waals surface area (Å²) in [4.78, 5) is 17.1. The van der Waals surface area contributed by atoms with Crippen molar-refractivity contribution < 1.29 is 0 Å². The molecule has 5 nitrogen and oxygen atoms in total. The van der Waals surface area contributed by atoms with Crippen molar-refractivity contribution in [2.45, 2.75) is 39.0 Å². The van der Waals surface area contributed by atoms with Gasteiger partial charge in [-0.15, -0.1) is 10.2 Å². The van der Waals surface area contributed by atoms with Gasteiger partial charge in [0.15, 0.2) is 0 Å². The molecule has 1 aliphatic rings. The number of nitrogens with one attached hydrogen (secondary N) is 1. The third-order valence-electron chi connectivity index (χ3n) is 4.18. The standard InChI is InChI=1S/C17H22N4O/c1-12(2)14-7-5-13(6-8-14)11-15-16(22)18-17(20-19-15)21-9-3-4-10-21/h5-8,12H,3-4,9-11H2,1-2H3,(H,18,20,22). The van der Waals surface area contributed by atoms with E-state index in [1.54, 1.807) is 0 Å². The Morgan fingerprint density at radius 1 is 1.14 bits per heavy atom. The number of aromatic nitrogens is 3. The van der Waals surface area contributed by atoms with E-state index >= 15 is 0 Å². The van der Waals surface area contributed by atoms with Gasteiger partial charge in [0.05, 0.1) is 0 Å². The lowest BCUT2D eigenvalue weighted by Crippen LogP contribution is -2.26. The van der Waals surface area contributed by atoms with Gasteiger partial charge in [-0.2, -0.15) is 0 Å². The summed E-state index contributed by atoms with van der Waals surface area (Å²) >= 11 is 0. The second-order valence-corrected chi connectivity index (χ2v) is 6.19. The topological polar surface area (TPSA) is 61.9 Å². The van der Waals surface area contributed by atoms with Crippen molar-refractivity contribution in [1.82, 2.24) is 15.2 Å². The molecule has 0 saturated carbocycles. The summed E-state index contributed by atoms with van der Waals surface area (Å²) in [6, 6.07) is 8.34. The van der Waals surface area contributed by atoms with Crippen LogP contribution in [-0.2, 0) is 6.42 Å². The van der Waals surface area contributed by atoms with E-state index in [9.17, 15) is 4.79 Å². The van der Waals surface area contributed by atoms with Crippen molar-refractivity contribution in [3.05, 3.63) is 51.4 Å². The van der Waals surface area contributed by atoms with Gasteiger partial charge in [-0.25, -0.2) is 0 Å². The van der Waals surface area contributed by atoms with Gasteiger partial charge in [0, 0.05) is 19.5 Å². The molecule has 0 atom stereocenters. The molecule has 5 heteroatoms. The molecule has 1 aromatic heterocycles. The zero-order valence-corrected chi connectivity index (χ0v) is 13.2. The van der Waals surface area contributed by atoms with Crippen molar-refractivity contribution in [2.24, 2.45) is 0 Å². The highest BCUT2D eigenvalue weighted by atomic mass is 16.1. The van der Waals surface area contributed by atoms with Crippen LogP contribution < -0.4 is 10.5 Å². The lowest BCUT2D eigenvalue weighted by atomic mass is 10.0. The first-order valence-corrected chi connectivity index (χ1v) is 7.93. The summed E-state index contributed by atoms with van der Waals surface area (Å²) in [6.45, 7) is 6.23. The number of hydrogen-bond donors (Lipinski definition) is 1. The van der Waals surface area contributed by atoms with Gasteiger partial charge in [-0.1, -0.05) is 38.1 Å². The van der Waals surface area contributed by atoms with Crippen molar-refractivity contribution in [1.29, 1.82) is 0 Å². The largest absolute Gasteiger partial charge is 0.341 e. The molecule has 1 aliphatic heterocycles. The number of benzene rings is 1. The van der Waals surface area contributed by atoms with Crippen LogP contribution in [0.15, 0.2) is 29.1 Å². The monoisotopic (exact) mass is 298 g/mol. The number of rotatable bonds is 4. The van der Waals surface area contributed by atoms with Crippen LogP contribution in [-0.4, -0.2) is 28.3 Å². The number of H-pyrrole nitrogens is 1. The second kappa shape index (κ2) is 6.30. The second-order valence-electron chi connectivity index (χ2n) is 6.19. The molecule has 1 aromatic carbocycles. The Bertz CT molecular complexity index is 685. The maximum Gasteiger partial charge on any atom is 0.274 e. The molecule has 1 fully saturated rings. The van der Waals surface area contributed by atoms with Gasteiger partial charge in [0.2, 0.25) is 5.95 Å². The number of anilines is 1. The van der Waals surface area contributed by atoms with Crippen LogP contribution in [0.1, 0.15) is 49.4 Å². The molecule has 2 aromatic rings. The van der Waals surface area contributed by atoms with E-state index in [4.69, 9.17) is 0 Å². The summed E-state index contributed by atoms with van der Waals surface area (Å²) in [5.74, 6) is 1.11. The van der Waals surface area contributed by atoms with E-state index in [1.165, 1.54) is 5.56 Å². The SMILES string of the molecule is CC(C)c1ccc(Cc2nnc(N3CCCC3)[nH]c2=O)cc1. The molecule has 0 unspecified atom stereocenters. The first-order chi connectivity index (χ1) is 10.6. The summed E-state index contributed by atoms with van der Waals surface area (Å²) in [5.41, 5.74) is 2.72. The smallest absolute Gasteiger partial charge is 0.274 e. The van der Waals surface area contributed by atoms with Crippen molar-refractivity contribution >= 4 is 5.95 Å². The quantitative estimate of drug-likeness (QED) is 0.942. The minimum Gasteiger partial charge on any atom is -0.341 e. The highest BCUT2D eigenvalue weighted by molar-refractivity contribution is 5.31. The van der Waals surface area contributed by atoms with Gasteiger partial charge in [-0.3, -0.25) is 9.78 Å². The summed E-state index contributed by atoms with van der Waals surface area (Å²) < 4.78 is 0. The molecule has 0 amide bonds. The lowest BCUT2D eigenvalue weighted by molar-refractivity contribution is 0.805. The normalized spacial score (nSPS) is 14.8. The highest BCUT2D eigenvalue weighted by Crippen LogP contribution is 2.16. The van der Waals surface area contributed by atoms with Gasteiger partial charge in [-0.05, 0) is 29.9 Å². The maximum atomic E-state index is 12.2. The Hall–Kier alpha value is -2.17. The van der Waals surface area contributed by atoms with Crippen LogP contribution in [0, 0.1) is 0 Å². The van der Waals surface area contributed by atoms with Gasteiger partial charge in [0.25, 0.3) is 5.56 Å². The summed E-state index contributed by atoms with van der Waals surface area (Å²) in [7, 11) is 0. The van der Waals surface area contributed by atoms with Crippen LogP contribution >= 0.6 is 0 Å².